The van der Waals surface area contributed by atoms with Gasteiger partial charge < -0.3 is 9.47 Å². The Bertz CT molecular complexity index is 1680. The van der Waals surface area contributed by atoms with Gasteiger partial charge in [0.05, 0.1) is 15.9 Å². The lowest BCUT2D eigenvalue weighted by molar-refractivity contribution is -0.130. The summed E-state index contributed by atoms with van der Waals surface area (Å²) >= 11 is 6.06. The van der Waals surface area contributed by atoms with E-state index in [9.17, 15) is 9.59 Å². The Morgan fingerprint density at radius 1 is 0.921 bits per heavy atom. The number of aromatic nitrogens is 4. The number of likely N-dealkylation sites (tertiary alicyclic amines) is 1. The van der Waals surface area contributed by atoms with Crippen molar-refractivity contribution in [3.63, 3.8) is 0 Å². The standard InChI is InChI=1S/C30H26ClN5O2/c1-20(37)34-17-14-24(15-18-34)35-16-4-7-27(35)21-8-10-22(11-9-21)29-33-26-6-3-2-5-25(26)30(38)36(29)28-13-12-23(31)19-32-28/h2-13,16,19,24H,14-15,17-18H2,1H3. The van der Waals surface area contributed by atoms with Crippen molar-refractivity contribution in [2.75, 3.05) is 13.1 Å². The minimum atomic E-state index is -0.185. The first-order chi connectivity index (χ1) is 18.5. The fourth-order valence-corrected chi connectivity index (χ4v) is 5.36. The molecule has 0 radical (unpaired) electrons. The van der Waals surface area contributed by atoms with Crippen LogP contribution in [-0.4, -0.2) is 43.0 Å². The van der Waals surface area contributed by atoms with Crippen LogP contribution >= 0.6 is 11.6 Å². The molecule has 8 heteroatoms. The van der Waals surface area contributed by atoms with Crippen molar-refractivity contribution in [1.82, 2.24) is 24.0 Å². The van der Waals surface area contributed by atoms with Crippen LogP contribution in [0.1, 0.15) is 25.8 Å². The maximum absolute atomic E-state index is 13.6. The average Bonchev–Trinajstić information content (AvgIpc) is 3.44. The van der Waals surface area contributed by atoms with Gasteiger partial charge in [0.15, 0.2) is 0 Å². The highest BCUT2D eigenvalue weighted by Crippen LogP contribution is 2.31. The van der Waals surface area contributed by atoms with Crippen molar-refractivity contribution < 1.29 is 4.79 Å². The Kier molecular flexibility index (Phi) is 6.29. The van der Waals surface area contributed by atoms with Gasteiger partial charge in [-0.25, -0.2) is 14.5 Å². The Balaban J connectivity index is 1.38. The van der Waals surface area contributed by atoms with Gasteiger partial charge in [0.25, 0.3) is 5.56 Å². The Labute approximate surface area is 225 Å². The van der Waals surface area contributed by atoms with Gasteiger partial charge in [0.1, 0.15) is 11.6 Å². The minimum Gasteiger partial charge on any atom is -0.344 e. The molecule has 2 aromatic carbocycles. The summed E-state index contributed by atoms with van der Waals surface area (Å²) in [6.07, 6.45) is 5.51. The molecule has 5 aromatic rings. The fourth-order valence-electron chi connectivity index (χ4n) is 5.25. The average molecular weight is 524 g/mol. The lowest BCUT2D eigenvalue weighted by Crippen LogP contribution is -2.37. The largest absolute Gasteiger partial charge is 0.344 e. The minimum absolute atomic E-state index is 0.140. The number of hydrogen-bond donors (Lipinski definition) is 0. The second kappa shape index (κ2) is 9.91. The summed E-state index contributed by atoms with van der Waals surface area (Å²) in [5.41, 5.74) is 3.46. The molecular formula is C30H26ClN5O2. The first-order valence-electron chi connectivity index (χ1n) is 12.7. The van der Waals surface area contributed by atoms with E-state index in [1.807, 2.05) is 35.2 Å². The van der Waals surface area contributed by atoms with Gasteiger partial charge in [-0.15, -0.1) is 0 Å². The topological polar surface area (TPSA) is 73.0 Å². The van der Waals surface area contributed by atoms with Crippen molar-refractivity contribution >= 4 is 28.4 Å². The lowest BCUT2D eigenvalue weighted by atomic mass is 10.0. The van der Waals surface area contributed by atoms with Crippen molar-refractivity contribution in [1.29, 1.82) is 0 Å². The molecule has 4 heterocycles. The molecule has 1 aliphatic rings. The van der Waals surface area contributed by atoms with Crippen LogP contribution in [0, 0.1) is 0 Å². The summed E-state index contributed by atoms with van der Waals surface area (Å²) in [6, 6.07) is 23.4. The van der Waals surface area contributed by atoms with Gasteiger partial charge in [-0.3, -0.25) is 9.59 Å². The molecule has 0 aliphatic carbocycles. The molecule has 1 aliphatic heterocycles. The summed E-state index contributed by atoms with van der Waals surface area (Å²) in [4.78, 5) is 36.5. The Morgan fingerprint density at radius 2 is 1.66 bits per heavy atom. The molecule has 1 fully saturated rings. The van der Waals surface area contributed by atoms with E-state index in [1.54, 1.807) is 29.7 Å². The number of rotatable bonds is 4. The number of hydrogen-bond acceptors (Lipinski definition) is 4. The quantitative estimate of drug-likeness (QED) is 0.300. The van der Waals surface area contributed by atoms with Gasteiger partial charge in [-0.05, 0) is 54.8 Å². The molecule has 0 spiro atoms. The van der Waals surface area contributed by atoms with Crippen molar-refractivity contribution in [2.45, 2.75) is 25.8 Å². The second-order valence-electron chi connectivity index (χ2n) is 9.54. The summed E-state index contributed by atoms with van der Waals surface area (Å²) in [5.74, 6) is 1.12. The van der Waals surface area contributed by atoms with Crippen LogP contribution in [0.4, 0.5) is 0 Å². The number of para-hydroxylation sites is 1. The molecule has 0 atom stereocenters. The zero-order valence-electron chi connectivity index (χ0n) is 20.9. The molecule has 38 heavy (non-hydrogen) atoms. The Hall–Kier alpha value is -4.23. The van der Waals surface area contributed by atoms with Crippen molar-refractivity contribution in [2.24, 2.45) is 0 Å². The smallest absolute Gasteiger partial charge is 0.267 e. The van der Waals surface area contributed by atoms with E-state index in [0.717, 1.165) is 42.8 Å². The Morgan fingerprint density at radius 3 is 2.37 bits per heavy atom. The number of carbonyl (C=O) groups excluding carboxylic acids is 1. The third-order valence-corrected chi connectivity index (χ3v) is 7.46. The summed E-state index contributed by atoms with van der Waals surface area (Å²) in [5, 5.41) is 1.02. The van der Waals surface area contributed by atoms with E-state index in [1.165, 1.54) is 6.20 Å². The van der Waals surface area contributed by atoms with E-state index < -0.39 is 0 Å². The van der Waals surface area contributed by atoms with Crippen LogP contribution in [0.5, 0.6) is 0 Å². The number of halogens is 1. The van der Waals surface area contributed by atoms with E-state index in [0.29, 0.717) is 33.6 Å². The molecule has 0 bridgehead atoms. The number of nitrogens with zero attached hydrogens (tertiary/aromatic N) is 5. The highest BCUT2D eigenvalue weighted by Gasteiger charge is 2.23. The van der Waals surface area contributed by atoms with Crippen LogP contribution < -0.4 is 5.56 Å². The van der Waals surface area contributed by atoms with Gasteiger partial charge in [-0.1, -0.05) is 48.0 Å². The summed E-state index contributed by atoms with van der Waals surface area (Å²) < 4.78 is 3.85. The highest BCUT2D eigenvalue weighted by atomic mass is 35.5. The zero-order valence-corrected chi connectivity index (χ0v) is 21.7. The third-order valence-electron chi connectivity index (χ3n) is 7.24. The van der Waals surface area contributed by atoms with Gasteiger partial charge in [0, 0.05) is 49.7 Å². The number of pyridine rings is 1. The van der Waals surface area contributed by atoms with Crippen LogP contribution in [0.2, 0.25) is 5.02 Å². The van der Waals surface area contributed by atoms with Crippen molar-refractivity contribution in [3.05, 3.63) is 101 Å². The van der Waals surface area contributed by atoms with Gasteiger partial charge >= 0.3 is 0 Å². The fraction of sp³-hybridized carbons (Fsp3) is 0.200. The SMILES string of the molecule is CC(=O)N1CCC(n2cccc2-c2ccc(-c3nc4ccccc4c(=O)n3-c3ccc(Cl)cn3)cc2)CC1. The molecule has 6 rings (SSSR count). The van der Waals surface area contributed by atoms with Crippen LogP contribution in [0.15, 0.2) is 90.0 Å². The van der Waals surface area contributed by atoms with Gasteiger partial charge in [0.2, 0.25) is 5.91 Å². The highest BCUT2D eigenvalue weighted by molar-refractivity contribution is 6.30. The summed E-state index contributed by atoms with van der Waals surface area (Å²) in [7, 11) is 0. The number of amides is 1. The molecule has 0 N–H and O–H groups in total. The van der Waals surface area contributed by atoms with E-state index in [2.05, 4.69) is 40.0 Å². The van der Waals surface area contributed by atoms with Crippen molar-refractivity contribution in [3.8, 4) is 28.5 Å². The first kappa shape index (κ1) is 24.1. The monoisotopic (exact) mass is 523 g/mol. The first-order valence-corrected chi connectivity index (χ1v) is 13.0. The maximum Gasteiger partial charge on any atom is 0.267 e. The number of carbonyl (C=O) groups is 1. The molecular weight excluding hydrogens is 498 g/mol. The van der Waals surface area contributed by atoms with Gasteiger partial charge in [-0.2, -0.15) is 0 Å². The molecule has 0 saturated carbocycles. The molecule has 7 nitrogen and oxygen atoms in total. The predicted molar refractivity (Wildman–Crippen MR) is 150 cm³/mol. The zero-order chi connectivity index (χ0) is 26.2. The predicted octanol–water partition coefficient (Wildman–Crippen LogP) is 5.75. The van der Waals surface area contributed by atoms with Crippen LogP contribution in [-0.2, 0) is 4.79 Å². The normalized spacial score (nSPS) is 14.2. The van der Waals surface area contributed by atoms with Crippen LogP contribution in [0.25, 0.3) is 39.4 Å². The second-order valence-corrected chi connectivity index (χ2v) is 9.98. The molecule has 3 aromatic heterocycles. The lowest BCUT2D eigenvalue weighted by Gasteiger charge is -2.33. The molecule has 190 valence electrons. The molecule has 1 amide bonds. The molecule has 0 unspecified atom stereocenters. The maximum atomic E-state index is 13.6. The van der Waals surface area contributed by atoms with E-state index >= 15 is 0 Å². The van der Waals surface area contributed by atoms with Crippen LogP contribution in [0.3, 0.4) is 0 Å². The molecule has 1 saturated heterocycles. The number of fused-ring (bicyclic) bond motifs is 1. The number of piperidine rings is 1. The third kappa shape index (κ3) is 4.39. The van der Waals surface area contributed by atoms with E-state index in [4.69, 9.17) is 16.6 Å². The number of benzene rings is 2. The van der Waals surface area contributed by atoms with E-state index in [-0.39, 0.29) is 11.5 Å². The summed E-state index contributed by atoms with van der Waals surface area (Å²) in [6.45, 7) is 3.19.